The largest absolute Gasteiger partial charge is 0.481 e. The van der Waals surface area contributed by atoms with Crippen LogP contribution in [0.1, 0.15) is 30.4 Å². The number of ether oxygens (including phenoxy) is 1. The van der Waals surface area contributed by atoms with Crippen LogP contribution in [0.3, 0.4) is 0 Å². The highest BCUT2D eigenvalue weighted by molar-refractivity contribution is 7.89. The molecule has 0 atom stereocenters. The first-order chi connectivity index (χ1) is 10.9. The minimum atomic E-state index is -3.62. The van der Waals surface area contributed by atoms with E-state index in [2.05, 4.69) is 4.72 Å². The number of aryl methyl sites for hydroxylation is 2. The lowest BCUT2D eigenvalue weighted by atomic mass is 9.71. The number of fused-ring (bicyclic) bond motifs is 1. The fourth-order valence-electron chi connectivity index (χ4n) is 3.42. The summed E-state index contributed by atoms with van der Waals surface area (Å²) in [5, 5.41) is 8.96. The highest BCUT2D eigenvalue weighted by Gasteiger charge is 2.48. The molecule has 2 aliphatic rings. The summed E-state index contributed by atoms with van der Waals surface area (Å²) >= 11 is 0. The maximum atomic E-state index is 12.5. The SMILES string of the molecule is COC1(CNS(=O)(=O)c2ccc3c(c2)CCC3)CC(C(=O)O)C1. The molecule has 1 aromatic rings. The van der Waals surface area contributed by atoms with Crippen molar-refractivity contribution in [2.45, 2.75) is 42.6 Å². The molecule has 1 aromatic carbocycles. The van der Waals surface area contributed by atoms with Crippen LogP contribution in [-0.2, 0) is 32.4 Å². The Morgan fingerprint density at radius 3 is 2.70 bits per heavy atom. The zero-order valence-corrected chi connectivity index (χ0v) is 13.9. The first kappa shape index (κ1) is 16.4. The maximum absolute atomic E-state index is 12.5. The minimum absolute atomic E-state index is 0.0900. The number of methoxy groups -OCH3 is 1. The lowest BCUT2D eigenvalue weighted by Crippen LogP contribution is -2.55. The normalized spacial score (nSPS) is 26.6. The van der Waals surface area contributed by atoms with Gasteiger partial charge in [-0.15, -0.1) is 0 Å². The van der Waals surface area contributed by atoms with Crippen LogP contribution in [0.25, 0.3) is 0 Å². The van der Waals surface area contributed by atoms with Gasteiger partial charge in [0.25, 0.3) is 0 Å². The van der Waals surface area contributed by atoms with Gasteiger partial charge in [0.2, 0.25) is 10.0 Å². The summed E-state index contributed by atoms with van der Waals surface area (Å²) < 4.78 is 32.9. The van der Waals surface area contributed by atoms with Gasteiger partial charge >= 0.3 is 5.97 Å². The van der Waals surface area contributed by atoms with E-state index in [1.165, 1.54) is 12.7 Å². The molecular formula is C16H21NO5S. The van der Waals surface area contributed by atoms with Gasteiger partial charge in [-0.3, -0.25) is 4.79 Å². The Bertz CT molecular complexity index is 722. The number of nitrogens with one attached hydrogen (secondary N) is 1. The van der Waals surface area contributed by atoms with Crippen molar-refractivity contribution >= 4 is 16.0 Å². The van der Waals surface area contributed by atoms with Crippen LogP contribution in [0.5, 0.6) is 0 Å². The lowest BCUT2D eigenvalue weighted by Gasteiger charge is -2.44. The molecule has 6 nitrogen and oxygen atoms in total. The summed E-state index contributed by atoms with van der Waals surface area (Å²) in [6, 6.07) is 5.25. The molecule has 1 saturated carbocycles. The molecule has 0 aliphatic heterocycles. The molecule has 126 valence electrons. The average molecular weight is 339 g/mol. The second-order valence-corrected chi connectivity index (χ2v) is 8.21. The fourth-order valence-corrected chi connectivity index (χ4v) is 4.59. The summed E-state index contributed by atoms with van der Waals surface area (Å²) in [6.07, 6.45) is 3.64. The summed E-state index contributed by atoms with van der Waals surface area (Å²) in [6.45, 7) is 0.0900. The van der Waals surface area contributed by atoms with E-state index >= 15 is 0 Å². The number of hydrogen-bond donors (Lipinski definition) is 2. The van der Waals surface area contributed by atoms with Gasteiger partial charge in [-0.1, -0.05) is 6.07 Å². The number of rotatable bonds is 6. The predicted molar refractivity (Wildman–Crippen MR) is 83.8 cm³/mol. The number of carbonyl (C=O) groups is 1. The fraction of sp³-hybridized carbons (Fsp3) is 0.562. The van der Waals surface area contributed by atoms with Crippen molar-refractivity contribution in [2.24, 2.45) is 5.92 Å². The molecule has 1 fully saturated rings. The van der Waals surface area contributed by atoms with E-state index in [0.717, 1.165) is 24.8 Å². The smallest absolute Gasteiger partial charge is 0.306 e. The Hall–Kier alpha value is -1.44. The van der Waals surface area contributed by atoms with Crippen LogP contribution >= 0.6 is 0 Å². The third kappa shape index (κ3) is 3.13. The van der Waals surface area contributed by atoms with E-state index in [1.54, 1.807) is 12.1 Å². The molecule has 7 heteroatoms. The summed E-state index contributed by atoms with van der Waals surface area (Å²) in [5.41, 5.74) is 1.61. The van der Waals surface area contributed by atoms with Gasteiger partial charge in [-0.2, -0.15) is 0 Å². The van der Waals surface area contributed by atoms with Gasteiger partial charge in [0, 0.05) is 13.7 Å². The van der Waals surface area contributed by atoms with E-state index in [9.17, 15) is 13.2 Å². The van der Waals surface area contributed by atoms with Crippen molar-refractivity contribution in [3.63, 3.8) is 0 Å². The van der Waals surface area contributed by atoms with Crippen LogP contribution in [0.15, 0.2) is 23.1 Å². The summed E-state index contributed by atoms with van der Waals surface area (Å²) in [7, 11) is -2.13. The number of carboxylic acid groups (broad SMARTS) is 1. The molecule has 0 aromatic heterocycles. The number of carboxylic acids is 1. The molecule has 0 unspecified atom stereocenters. The van der Waals surface area contributed by atoms with E-state index in [1.807, 2.05) is 6.07 Å². The first-order valence-corrected chi connectivity index (χ1v) is 9.23. The van der Waals surface area contributed by atoms with Gasteiger partial charge in [0.1, 0.15) is 0 Å². The van der Waals surface area contributed by atoms with Gasteiger partial charge < -0.3 is 9.84 Å². The molecule has 0 radical (unpaired) electrons. The average Bonchev–Trinajstić information content (AvgIpc) is 2.93. The molecule has 0 spiro atoms. The molecule has 2 aliphatic carbocycles. The zero-order chi connectivity index (χ0) is 16.7. The first-order valence-electron chi connectivity index (χ1n) is 7.75. The van der Waals surface area contributed by atoms with Crippen molar-refractivity contribution in [2.75, 3.05) is 13.7 Å². The number of hydrogen-bond acceptors (Lipinski definition) is 4. The topological polar surface area (TPSA) is 92.7 Å². The monoisotopic (exact) mass is 339 g/mol. The predicted octanol–water partition coefficient (Wildman–Crippen LogP) is 1.33. The van der Waals surface area contributed by atoms with Crippen molar-refractivity contribution in [1.29, 1.82) is 0 Å². The van der Waals surface area contributed by atoms with Crippen LogP contribution in [0.2, 0.25) is 0 Å². The zero-order valence-electron chi connectivity index (χ0n) is 13.0. The van der Waals surface area contributed by atoms with E-state index < -0.39 is 27.5 Å². The molecule has 0 saturated heterocycles. The summed E-state index contributed by atoms with van der Waals surface area (Å²) in [4.78, 5) is 11.2. The standard InChI is InChI=1S/C16H21NO5S/c1-22-16(8-13(9-16)15(18)19)10-17-23(20,21)14-6-5-11-3-2-4-12(11)7-14/h5-7,13,17H,2-4,8-10H2,1H3,(H,18,19). The molecule has 0 amide bonds. The van der Waals surface area contributed by atoms with Crippen LogP contribution < -0.4 is 4.72 Å². The Labute approximate surface area is 135 Å². The Balaban J connectivity index is 1.68. The van der Waals surface area contributed by atoms with Crippen molar-refractivity contribution in [3.8, 4) is 0 Å². The summed E-state index contributed by atoms with van der Waals surface area (Å²) in [5.74, 6) is -1.32. The molecule has 23 heavy (non-hydrogen) atoms. The highest BCUT2D eigenvalue weighted by atomic mass is 32.2. The Kier molecular flexibility index (Phi) is 4.20. The Morgan fingerprint density at radius 1 is 1.35 bits per heavy atom. The second-order valence-electron chi connectivity index (χ2n) is 6.44. The Morgan fingerprint density at radius 2 is 2.04 bits per heavy atom. The van der Waals surface area contributed by atoms with E-state index in [-0.39, 0.29) is 11.4 Å². The number of sulfonamides is 1. The number of aliphatic carboxylic acids is 1. The van der Waals surface area contributed by atoms with Crippen molar-refractivity contribution < 1.29 is 23.1 Å². The van der Waals surface area contributed by atoms with E-state index in [4.69, 9.17) is 9.84 Å². The van der Waals surface area contributed by atoms with Gasteiger partial charge in [0.15, 0.2) is 0 Å². The van der Waals surface area contributed by atoms with E-state index in [0.29, 0.717) is 12.8 Å². The highest BCUT2D eigenvalue weighted by Crippen LogP contribution is 2.40. The quantitative estimate of drug-likeness (QED) is 0.816. The van der Waals surface area contributed by atoms with Gasteiger partial charge in [-0.05, 0) is 55.4 Å². The van der Waals surface area contributed by atoms with Gasteiger partial charge in [0.05, 0.1) is 16.4 Å². The lowest BCUT2D eigenvalue weighted by molar-refractivity contribution is -0.161. The van der Waals surface area contributed by atoms with Crippen LogP contribution in [0, 0.1) is 5.92 Å². The third-order valence-electron chi connectivity index (χ3n) is 4.98. The second kappa shape index (κ2) is 5.89. The van der Waals surface area contributed by atoms with Crippen LogP contribution in [0.4, 0.5) is 0 Å². The van der Waals surface area contributed by atoms with Crippen molar-refractivity contribution in [3.05, 3.63) is 29.3 Å². The molecule has 0 bridgehead atoms. The van der Waals surface area contributed by atoms with Crippen molar-refractivity contribution in [1.82, 2.24) is 4.72 Å². The molecule has 3 rings (SSSR count). The minimum Gasteiger partial charge on any atom is -0.481 e. The third-order valence-corrected chi connectivity index (χ3v) is 6.38. The van der Waals surface area contributed by atoms with Crippen LogP contribution in [-0.4, -0.2) is 38.7 Å². The molecular weight excluding hydrogens is 318 g/mol. The number of benzene rings is 1. The maximum Gasteiger partial charge on any atom is 0.306 e. The van der Waals surface area contributed by atoms with Gasteiger partial charge in [-0.25, -0.2) is 13.1 Å². The molecule has 0 heterocycles. The molecule has 2 N–H and O–H groups in total.